The number of methoxy groups -OCH3 is 1. The number of hydrogen-bond acceptors (Lipinski definition) is 4. The maximum Gasteiger partial charge on any atom is 0.314 e. The molecule has 184 valence electrons. The molecule has 0 aliphatic heterocycles. The topological polar surface area (TPSA) is 55.8 Å². The van der Waals surface area contributed by atoms with E-state index in [0.717, 1.165) is 0 Å². The third kappa shape index (κ3) is 5.03. The Kier molecular flexibility index (Phi) is 7.40. The maximum atomic E-state index is 14.7. The predicted molar refractivity (Wildman–Crippen MR) is 121 cm³/mol. The van der Waals surface area contributed by atoms with Gasteiger partial charge in [0.05, 0.1) is 19.6 Å². The van der Waals surface area contributed by atoms with Gasteiger partial charge in [-0.25, -0.2) is 8.78 Å². The van der Waals surface area contributed by atoms with E-state index in [1.54, 1.807) is 24.3 Å². The van der Waals surface area contributed by atoms with Gasteiger partial charge < -0.3 is 14.6 Å². The molecule has 0 radical (unpaired) electrons. The Morgan fingerprint density at radius 2 is 1.46 bits per heavy atom. The van der Waals surface area contributed by atoms with Gasteiger partial charge in [-0.05, 0) is 66.5 Å². The molecule has 0 spiro atoms. The zero-order valence-electron chi connectivity index (χ0n) is 19.0. The highest BCUT2D eigenvalue weighted by Gasteiger charge is 2.31. The van der Waals surface area contributed by atoms with E-state index in [1.807, 2.05) is 0 Å². The molecule has 0 atom stereocenters. The number of aliphatic hydroxyl groups excluding tert-OH is 1. The smallest absolute Gasteiger partial charge is 0.314 e. The van der Waals surface area contributed by atoms with E-state index in [2.05, 4.69) is 0 Å². The zero-order valence-corrected chi connectivity index (χ0v) is 19.0. The van der Waals surface area contributed by atoms with Crippen molar-refractivity contribution < 1.29 is 36.9 Å². The Morgan fingerprint density at radius 3 is 2.09 bits per heavy atom. The summed E-state index contributed by atoms with van der Waals surface area (Å²) in [5.41, 5.74) is 1.28. The van der Waals surface area contributed by atoms with Crippen LogP contribution in [0.4, 0.5) is 17.6 Å². The molecule has 0 aromatic heterocycles. The Morgan fingerprint density at radius 1 is 0.829 bits per heavy atom. The van der Waals surface area contributed by atoms with E-state index < -0.39 is 40.9 Å². The second kappa shape index (κ2) is 10.5. The molecule has 4 rings (SSSR count). The molecule has 4 nitrogen and oxygen atoms in total. The number of carbonyl (C=O) groups excluding carboxylic acids is 1. The lowest BCUT2D eigenvalue weighted by Crippen LogP contribution is -2.26. The van der Waals surface area contributed by atoms with Gasteiger partial charge in [0.15, 0.2) is 23.1 Å². The van der Waals surface area contributed by atoms with Gasteiger partial charge >= 0.3 is 5.97 Å². The van der Waals surface area contributed by atoms with Crippen molar-refractivity contribution in [2.75, 3.05) is 7.11 Å². The van der Waals surface area contributed by atoms with Gasteiger partial charge in [0.2, 0.25) is 11.6 Å². The summed E-state index contributed by atoms with van der Waals surface area (Å²) in [5, 5.41) is 9.12. The molecule has 0 bridgehead atoms. The minimum atomic E-state index is -1.27. The lowest BCUT2D eigenvalue weighted by molar-refractivity contribution is -0.140. The molecule has 1 aliphatic carbocycles. The number of benzene rings is 3. The lowest BCUT2D eigenvalue weighted by Gasteiger charge is -2.28. The number of aliphatic hydroxyl groups is 1. The van der Waals surface area contributed by atoms with Gasteiger partial charge in [0.1, 0.15) is 0 Å². The number of hydrogen-bond donors (Lipinski definition) is 1. The second-order valence-corrected chi connectivity index (χ2v) is 8.55. The predicted octanol–water partition coefficient (Wildman–Crippen LogP) is 6.29. The minimum absolute atomic E-state index is 0.000970. The number of carbonyl (C=O) groups is 1. The average Bonchev–Trinajstić information content (AvgIpc) is 2.88. The van der Waals surface area contributed by atoms with E-state index in [-0.39, 0.29) is 29.4 Å². The van der Waals surface area contributed by atoms with Crippen molar-refractivity contribution in [2.45, 2.75) is 38.2 Å². The van der Waals surface area contributed by atoms with Crippen molar-refractivity contribution in [1.82, 2.24) is 0 Å². The summed E-state index contributed by atoms with van der Waals surface area (Å²) in [7, 11) is 1.26. The van der Waals surface area contributed by atoms with Crippen LogP contribution in [-0.4, -0.2) is 18.2 Å². The Labute approximate surface area is 200 Å². The highest BCUT2D eigenvalue weighted by molar-refractivity contribution is 5.76. The summed E-state index contributed by atoms with van der Waals surface area (Å²) in [6, 6.07) is 11.7. The zero-order chi connectivity index (χ0) is 25.1. The molecule has 1 aliphatic rings. The van der Waals surface area contributed by atoms with E-state index >= 15 is 0 Å². The molecule has 0 saturated heterocycles. The first-order chi connectivity index (χ1) is 16.8. The van der Waals surface area contributed by atoms with Crippen LogP contribution in [0.1, 0.15) is 42.7 Å². The van der Waals surface area contributed by atoms with Crippen LogP contribution < -0.4 is 9.47 Å². The Hall–Kier alpha value is -3.39. The van der Waals surface area contributed by atoms with Gasteiger partial charge in [-0.1, -0.05) is 30.3 Å². The molecule has 1 N–H and O–H groups in total. The van der Waals surface area contributed by atoms with Crippen LogP contribution in [0, 0.1) is 29.2 Å². The van der Waals surface area contributed by atoms with E-state index in [4.69, 9.17) is 14.6 Å². The summed E-state index contributed by atoms with van der Waals surface area (Å²) >= 11 is 0. The highest BCUT2D eigenvalue weighted by atomic mass is 19.2. The van der Waals surface area contributed by atoms with Crippen molar-refractivity contribution in [3.05, 3.63) is 82.9 Å². The highest BCUT2D eigenvalue weighted by Crippen LogP contribution is 2.39. The molecule has 8 heteroatoms. The quantitative estimate of drug-likeness (QED) is 0.252. The van der Waals surface area contributed by atoms with Gasteiger partial charge in [-0.15, -0.1) is 0 Å². The monoisotopic (exact) mass is 488 g/mol. The fourth-order valence-electron chi connectivity index (χ4n) is 4.47. The molecule has 0 amide bonds. The molecule has 1 saturated carbocycles. The standard InChI is InChI=1S/C27H24F4O4/c1-34-21-12-10-19(23(28)25(21)30)17-6-8-18(9-7-17)27(33)35-22-13-11-20(24(29)26(22)31)16-4-2-15(14-32)3-5-16/h2-5,10-13,17-18,32H,6-9,14H2,1H3. The fourth-order valence-corrected chi connectivity index (χ4v) is 4.47. The molecular formula is C27H24F4O4. The molecule has 0 unspecified atom stereocenters. The summed E-state index contributed by atoms with van der Waals surface area (Å²) < 4.78 is 67.8. The molecule has 3 aromatic carbocycles. The molecule has 35 heavy (non-hydrogen) atoms. The summed E-state index contributed by atoms with van der Waals surface area (Å²) in [5.74, 6) is -6.63. The van der Waals surface area contributed by atoms with Crippen LogP contribution in [0.3, 0.4) is 0 Å². The first-order valence-electron chi connectivity index (χ1n) is 11.3. The average molecular weight is 488 g/mol. The molecule has 0 heterocycles. The van der Waals surface area contributed by atoms with Gasteiger partial charge in [0, 0.05) is 5.56 Å². The number of ether oxygens (including phenoxy) is 2. The molecule has 1 fully saturated rings. The SMILES string of the molecule is COc1ccc(C2CCC(C(=O)Oc3ccc(-c4ccc(CO)cc4)c(F)c3F)CC2)c(F)c1F. The first-order valence-corrected chi connectivity index (χ1v) is 11.3. The van der Waals surface area contributed by atoms with Crippen molar-refractivity contribution in [1.29, 1.82) is 0 Å². The molecule has 3 aromatic rings. The van der Waals surface area contributed by atoms with Crippen molar-refractivity contribution in [3.63, 3.8) is 0 Å². The molecular weight excluding hydrogens is 464 g/mol. The number of rotatable bonds is 6. The van der Waals surface area contributed by atoms with Crippen molar-refractivity contribution in [3.8, 4) is 22.6 Å². The van der Waals surface area contributed by atoms with Crippen LogP contribution in [-0.2, 0) is 11.4 Å². The van der Waals surface area contributed by atoms with Gasteiger partial charge in [0.25, 0.3) is 0 Å². The first kappa shape index (κ1) is 24.7. The Bertz CT molecular complexity index is 1220. The van der Waals surface area contributed by atoms with Crippen LogP contribution in [0.15, 0.2) is 48.5 Å². The van der Waals surface area contributed by atoms with Crippen LogP contribution in [0.5, 0.6) is 11.5 Å². The van der Waals surface area contributed by atoms with Gasteiger partial charge in [-0.2, -0.15) is 8.78 Å². The second-order valence-electron chi connectivity index (χ2n) is 8.55. The minimum Gasteiger partial charge on any atom is -0.494 e. The lowest BCUT2D eigenvalue weighted by atomic mass is 9.78. The third-order valence-electron chi connectivity index (χ3n) is 6.50. The normalized spacial score (nSPS) is 17.8. The van der Waals surface area contributed by atoms with Crippen LogP contribution in [0.25, 0.3) is 11.1 Å². The van der Waals surface area contributed by atoms with Crippen molar-refractivity contribution >= 4 is 5.97 Å². The maximum absolute atomic E-state index is 14.7. The fraction of sp³-hybridized carbons (Fsp3) is 0.296. The van der Waals surface area contributed by atoms with E-state index in [1.165, 1.54) is 31.4 Å². The van der Waals surface area contributed by atoms with E-state index in [0.29, 0.717) is 36.8 Å². The van der Waals surface area contributed by atoms with Crippen molar-refractivity contribution in [2.24, 2.45) is 5.92 Å². The van der Waals surface area contributed by atoms with E-state index in [9.17, 15) is 22.4 Å². The summed E-state index contributed by atoms with van der Waals surface area (Å²) in [4.78, 5) is 12.6. The number of halogens is 4. The largest absolute Gasteiger partial charge is 0.494 e. The third-order valence-corrected chi connectivity index (χ3v) is 6.50. The summed E-state index contributed by atoms with van der Waals surface area (Å²) in [6.07, 6.45) is 1.52. The Balaban J connectivity index is 1.42. The number of esters is 1. The van der Waals surface area contributed by atoms with Crippen LogP contribution in [0.2, 0.25) is 0 Å². The summed E-state index contributed by atoms with van der Waals surface area (Å²) in [6.45, 7) is -0.167. The van der Waals surface area contributed by atoms with Crippen LogP contribution >= 0.6 is 0 Å². The van der Waals surface area contributed by atoms with Gasteiger partial charge in [-0.3, -0.25) is 4.79 Å².